The lowest BCUT2D eigenvalue weighted by molar-refractivity contribution is -0.141. The Morgan fingerprint density at radius 1 is 1.19 bits per heavy atom. The van der Waals surface area contributed by atoms with Crippen LogP contribution >= 0.6 is 0 Å². The first-order chi connectivity index (χ1) is 12.6. The number of fused-ring (bicyclic) bond motifs is 1. The second kappa shape index (κ2) is 7.66. The Balaban J connectivity index is 1.71. The second-order valence-corrected chi connectivity index (χ2v) is 5.43. The summed E-state index contributed by atoms with van der Waals surface area (Å²) in [4.78, 5) is 12.3. The van der Waals surface area contributed by atoms with Crippen molar-refractivity contribution < 1.29 is 24.5 Å². The quantitative estimate of drug-likeness (QED) is 0.490. The Bertz CT molecular complexity index is 904. The van der Waals surface area contributed by atoms with E-state index in [9.17, 15) is 15.0 Å². The van der Waals surface area contributed by atoms with Gasteiger partial charge in [-0.2, -0.15) is 0 Å². The van der Waals surface area contributed by atoms with Gasteiger partial charge in [-0.1, -0.05) is 18.7 Å². The van der Waals surface area contributed by atoms with E-state index in [2.05, 4.69) is 16.8 Å². The maximum absolute atomic E-state index is 11.0. The van der Waals surface area contributed by atoms with Gasteiger partial charge in [-0.3, -0.25) is 0 Å². The lowest BCUT2D eigenvalue weighted by atomic mass is 10.3. The molecule has 3 rings (SSSR count). The number of ether oxygens (including phenoxy) is 2. The molecule has 2 N–H and O–H groups in total. The van der Waals surface area contributed by atoms with Crippen LogP contribution in [0, 0.1) is 0 Å². The largest absolute Gasteiger partial charge is 0.506 e. The molecule has 8 heteroatoms. The summed E-state index contributed by atoms with van der Waals surface area (Å²) in [6.45, 7) is 2.97. The van der Waals surface area contributed by atoms with Gasteiger partial charge < -0.3 is 19.7 Å². The predicted octanol–water partition coefficient (Wildman–Crippen LogP) is 1.59. The van der Waals surface area contributed by atoms with Gasteiger partial charge in [0.15, 0.2) is 0 Å². The highest BCUT2D eigenvalue weighted by Crippen LogP contribution is 2.26. The fourth-order valence-corrected chi connectivity index (χ4v) is 2.20. The molecule has 0 saturated heterocycles. The summed E-state index contributed by atoms with van der Waals surface area (Å²) in [6.07, 6.45) is 0.0162. The summed E-state index contributed by atoms with van der Waals surface area (Å²) in [7, 11) is 0. The Morgan fingerprint density at radius 3 is 2.54 bits per heavy atom. The molecule has 3 aromatic rings. The minimum Gasteiger partial charge on any atom is -0.506 e. The van der Waals surface area contributed by atoms with Crippen LogP contribution in [0.3, 0.4) is 0 Å². The number of phenolic OH excluding ortho intramolecular Hbond substituents is 1. The van der Waals surface area contributed by atoms with E-state index in [1.165, 1.54) is 10.9 Å². The van der Waals surface area contributed by atoms with Crippen molar-refractivity contribution in [2.45, 2.75) is 6.10 Å². The maximum atomic E-state index is 11.0. The Kier molecular flexibility index (Phi) is 5.14. The van der Waals surface area contributed by atoms with Crippen LogP contribution in [0.25, 0.3) is 16.7 Å². The van der Waals surface area contributed by atoms with Crippen molar-refractivity contribution in [2.75, 3.05) is 13.2 Å². The lowest BCUT2D eigenvalue weighted by Crippen LogP contribution is -2.24. The van der Waals surface area contributed by atoms with E-state index in [-0.39, 0.29) is 19.0 Å². The number of rotatable bonds is 7. The van der Waals surface area contributed by atoms with E-state index < -0.39 is 12.1 Å². The van der Waals surface area contributed by atoms with Gasteiger partial charge >= 0.3 is 5.97 Å². The number of aliphatic hydroxyl groups is 1. The van der Waals surface area contributed by atoms with Crippen LogP contribution < -0.4 is 4.74 Å². The minimum absolute atomic E-state index is 0.0156. The number of aliphatic hydroxyl groups excluding tert-OH is 1. The van der Waals surface area contributed by atoms with E-state index in [1.54, 1.807) is 12.1 Å². The summed E-state index contributed by atoms with van der Waals surface area (Å²) in [5.74, 6) is -0.237. The highest BCUT2D eigenvalue weighted by Gasteiger charge is 2.12. The first-order valence-electron chi connectivity index (χ1n) is 7.82. The van der Waals surface area contributed by atoms with Crippen LogP contribution in [-0.4, -0.2) is 50.5 Å². The molecule has 0 bridgehead atoms. The Labute approximate surface area is 148 Å². The van der Waals surface area contributed by atoms with Gasteiger partial charge in [-0.05, 0) is 24.3 Å². The van der Waals surface area contributed by atoms with Crippen LogP contribution in [-0.2, 0) is 9.53 Å². The van der Waals surface area contributed by atoms with E-state index in [0.29, 0.717) is 22.5 Å². The van der Waals surface area contributed by atoms with Gasteiger partial charge in [0, 0.05) is 12.1 Å². The summed E-state index contributed by atoms with van der Waals surface area (Å²) in [5, 5.41) is 28.5. The van der Waals surface area contributed by atoms with Crippen molar-refractivity contribution in [3.8, 4) is 17.2 Å². The topological polar surface area (TPSA) is 107 Å². The molecule has 1 atom stereocenters. The number of nitrogens with zero attached hydrogens (tertiary/aromatic N) is 3. The van der Waals surface area contributed by atoms with Crippen LogP contribution in [0.1, 0.15) is 0 Å². The van der Waals surface area contributed by atoms with E-state index in [0.717, 1.165) is 6.08 Å². The summed E-state index contributed by atoms with van der Waals surface area (Å²) in [5.41, 5.74) is 1.72. The molecule has 0 aliphatic carbocycles. The van der Waals surface area contributed by atoms with Crippen LogP contribution in [0.4, 0.5) is 0 Å². The number of benzene rings is 2. The highest BCUT2D eigenvalue weighted by atomic mass is 16.5. The third-order valence-electron chi connectivity index (χ3n) is 3.48. The molecule has 2 aromatic carbocycles. The summed E-state index contributed by atoms with van der Waals surface area (Å²) < 4.78 is 10.2. The Morgan fingerprint density at radius 2 is 1.88 bits per heavy atom. The lowest BCUT2D eigenvalue weighted by Gasteiger charge is -2.13. The number of carbonyl (C=O) groups is 1. The summed E-state index contributed by atoms with van der Waals surface area (Å²) >= 11 is 0. The van der Waals surface area contributed by atoms with Crippen molar-refractivity contribution >= 4 is 17.0 Å². The molecule has 1 heterocycles. The number of phenols is 1. The van der Waals surface area contributed by atoms with E-state index >= 15 is 0 Å². The average molecular weight is 355 g/mol. The number of hydrogen-bond donors (Lipinski definition) is 2. The van der Waals surface area contributed by atoms with Gasteiger partial charge in [0.25, 0.3) is 0 Å². The molecule has 0 amide bonds. The molecule has 8 nitrogen and oxygen atoms in total. The van der Waals surface area contributed by atoms with Crippen molar-refractivity contribution in [2.24, 2.45) is 0 Å². The highest BCUT2D eigenvalue weighted by molar-refractivity contribution is 5.81. The second-order valence-electron chi connectivity index (χ2n) is 5.43. The zero-order valence-corrected chi connectivity index (χ0v) is 13.8. The molecule has 0 radical (unpaired) electrons. The Hall–Kier alpha value is -3.39. The molecular formula is C18H17N3O5. The smallest absolute Gasteiger partial charge is 0.330 e. The van der Waals surface area contributed by atoms with Crippen molar-refractivity contribution in [3.05, 3.63) is 55.1 Å². The SMILES string of the molecule is C=CC(=O)OCC(O)COc1ccc(O)c(-n2nc3ccccc3n2)c1. The van der Waals surface area contributed by atoms with E-state index in [4.69, 9.17) is 9.47 Å². The van der Waals surface area contributed by atoms with Gasteiger partial charge in [0.05, 0.1) is 0 Å². The first-order valence-corrected chi connectivity index (χ1v) is 7.82. The predicted molar refractivity (Wildman–Crippen MR) is 93.2 cm³/mol. The fourth-order valence-electron chi connectivity index (χ4n) is 2.20. The van der Waals surface area contributed by atoms with Gasteiger partial charge in [0.1, 0.15) is 47.5 Å². The number of aromatic nitrogens is 3. The summed E-state index contributed by atoms with van der Waals surface area (Å²) in [6, 6.07) is 11.9. The van der Waals surface area contributed by atoms with Crippen LogP contribution in [0.5, 0.6) is 11.5 Å². The maximum Gasteiger partial charge on any atom is 0.330 e. The standard InChI is InChI=1S/C18H17N3O5/c1-2-18(24)26-11-12(22)10-25-13-7-8-17(23)16(9-13)21-19-14-5-3-4-6-15(14)20-21/h2-9,12,22-23H,1,10-11H2. The monoisotopic (exact) mass is 355 g/mol. The molecule has 1 aromatic heterocycles. The third kappa shape index (κ3) is 3.98. The van der Waals surface area contributed by atoms with Crippen LogP contribution in [0.15, 0.2) is 55.1 Å². The van der Waals surface area contributed by atoms with Gasteiger partial charge in [0.2, 0.25) is 0 Å². The number of hydrogen-bond acceptors (Lipinski definition) is 7. The van der Waals surface area contributed by atoms with Gasteiger partial charge in [-0.15, -0.1) is 15.0 Å². The molecular weight excluding hydrogens is 338 g/mol. The molecule has 0 fully saturated rings. The van der Waals surface area contributed by atoms with E-state index in [1.807, 2.05) is 24.3 Å². The zero-order chi connectivity index (χ0) is 18.5. The van der Waals surface area contributed by atoms with Crippen molar-refractivity contribution in [1.82, 2.24) is 15.0 Å². The molecule has 1 unspecified atom stereocenters. The normalized spacial score (nSPS) is 11.9. The van der Waals surface area contributed by atoms with Crippen LogP contribution in [0.2, 0.25) is 0 Å². The number of esters is 1. The van der Waals surface area contributed by atoms with Crippen molar-refractivity contribution in [1.29, 1.82) is 0 Å². The molecule has 0 saturated carbocycles. The number of carbonyl (C=O) groups excluding carboxylic acids is 1. The first kappa shape index (κ1) is 17.4. The molecule has 0 aliphatic rings. The average Bonchev–Trinajstić information content (AvgIpc) is 3.09. The molecule has 134 valence electrons. The molecule has 0 aliphatic heterocycles. The molecule has 26 heavy (non-hydrogen) atoms. The number of aromatic hydroxyl groups is 1. The van der Waals surface area contributed by atoms with Gasteiger partial charge in [-0.25, -0.2) is 4.79 Å². The fraction of sp³-hybridized carbons (Fsp3) is 0.167. The van der Waals surface area contributed by atoms with Crippen molar-refractivity contribution in [3.63, 3.8) is 0 Å². The zero-order valence-electron chi connectivity index (χ0n) is 13.8. The third-order valence-corrected chi connectivity index (χ3v) is 3.48. The molecule has 0 spiro atoms. The minimum atomic E-state index is -0.999.